The van der Waals surface area contributed by atoms with E-state index in [1.54, 1.807) is 12.1 Å². The molecule has 0 unspecified atom stereocenters. The molecule has 3 heterocycles. The maximum atomic E-state index is 14.3. The Bertz CT molecular complexity index is 1690. The number of para-hydroxylation sites is 1. The number of hydrogen-bond acceptors (Lipinski definition) is 4. The first-order chi connectivity index (χ1) is 19.3. The van der Waals surface area contributed by atoms with E-state index >= 15 is 0 Å². The molecular weight excluding hydrogens is 509 g/mol. The van der Waals surface area contributed by atoms with E-state index < -0.39 is 35.1 Å². The Hall–Kier alpha value is -4.97. The topological polar surface area (TPSA) is 109 Å². The van der Waals surface area contributed by atoms with Crippen molar-refractivity contribution in [2.45, 2.75) is 30.3 Å². The zero-order valence-electron chi connectivity index (χ0n) is 21.7. The van der Waals surface area contributed by atoms with Crippen LogP contribution in [0.2, 0.25) is 0 Å². The summed E-state index contributed by atoms with van der Waals surface area (Å²) in [6, 6.07) is 23.0. The van der Waals surface area contributed by atoms with E-state index in [1.807, 2.05) is 54.6 Å². The Balaban J connectivity index is 1.35. The predicted octanol–water partition coefficient (Wildman–Crippen LogP) is 4.00. The van der Waals surface area contributed by atoms with Crippen molar-refractivity contribution >= 4 is 34.3 Å². The van der Waals surface area contributed by atoms with Gasteiger partial charge in [0.25, 0.3) is 5.91 Å². The SMILES string of the molecule is CN(C(=O)c1cc2c(F)cccc2[nH]1)[C@@H](Cc1ccccc1)C(=O)N1C[C@]2(C[C@H]1C#N)C(=O)Nc1ccccc12. The van der Waals surface area contributed by atoms with E-state index in [9.17, 15) is 24.0 Å². The molecule has 8 nitrogen and oxygen atoms in total. The van der Waals surface area contributed by atoms with Gasteiger partial charge in [-0.1, -0.05) is 54.6 Å². The fourth-order valence-electron chi connectivity index (χ4n) is 5.97. The number of likely N-dealkylation sites (tertiary alicyclic amines) is 1. The summed E-state index contributed by atoms with van der Waals surface area (Å²) in [5, 5.41) is 13.2. The number of aromatic nitrogens is 1. The summed E-state index contributed by atoms with van der Waals surface area (Å²) >= 11 is 0. The monoisotopic (exact) mass is 535 g/mol. The van der Waals surface area contributed by atoms with Crippen LogP contribution in [0.1, 0.15) is 28.0 Å². The smallest absolute Gasteiger partial charge is 0.270 e. The molecule has 4 aromatic rings. The van der Waals surface area contributed by atoms with Gasteiger partial charge in [0.2, 0.25) is 11.8 Å². The molecule has 1 aromatic heterocycles. The molecule has 0 bridgehead atoms. The van der Waals surface area contributed by atoms with Gasteiger partial charge in [0.1, 0.15) is 23.6 Å². The summed E-state index contributed by atoms with van der Waals surface area (Å²) in [6.07, 6.45) is 0.357. The lowest BCUT2D eigenvalue weighted by Crippen LogP contribution is -2.52. The number of halogens is 1. The summed E-state index contributed by atoms with van der Waals surface area (Å²) in [6.45, 7) is 0.0256. The molecule has 0 saturated carbocycles. The molecule has 2 aliphatic rings. The fraction of sp³-hybridized carbons (Fsp3) is 0.226. The van der Waals surface area contributed by atoms with Crippen LogP contribution in [0.5, 0.6) is 0 Å². The molecule has 0 radical (unpaired) electrons. The van der Waals surface area contributed by atoms with Gasteiger partial charge in [-0.2, -0.15) is 5.26 Å². The first kappa shape index (κ1) is 25.3. The number of benzene rings is 3. The highest BCUT2D eigenvalue weighted by molar-refractivity contribution is 6.07. The molecule has 2 aliphatic heterocycles. The van der Waals surface area contributed by atoms with Crippen LogP contribution in [0.15, 0.2) is 78.9 Å². The normalized spacial score (nSPS) is 20.3. The number of nitrogens with one attached hydrogen (secondary N) is 2. The second kappa shape index (κ2) is 9.65. The number of amides is 3. The van der Waals surface area contributed by atoms with Gasteiger partial charge in [-0.15, -0.1) is 0 Å². The Morgan fingerprint density at radius 3 is 2.62 bits per heavy atom. The number of nitriles is 1. The molecule has 200 valence electrons. The number of rotatable bonds is 5. The van der Waals surface area contributed by atoms with Gasteiger partial charge in [-0.25, -0.2) is 4.39 Å². The maximum Gasteiger partial charge on any atom is 0.270 e. The fourth-order valence-corrected chi connectivity index (χ4v) is 5.97. The average Bonchev–Trinajstić information content (AvgIpc) is 3.66. The van der Waals surface area contributed by atoms with Crippen LogP contribution in [-0.2, 0) is 21.4 Å². The zero-order chi connectivity index (χ0) is 28.0. The van der Waals surface area contributed by atoms with E-state index in [4.69, 9.17) is 0 Å². The molecule has 2 N–H and O–H groups in total. The largest absolute Gasteiger partial charge is 0.350 e. The van der Waals surface area contributed by atoms with Crippen LogP contribution in [0.3, 0.4) is 0 Å². The number of H-pyrrole nitrogens is 1. The second-order valence-corrected chi connectivity index (χ2v) is 10.4. The van der Waals surface area contributed by atoms with Crippen molar-refractivity contribution in [1.29, 1.82) is 5.26 Å². The average molecular weight is 536 g/mol. The van der Waals surface area contributed by atoms with Gasteiger partial charge in [0.15, 0.2) is 0 Å². The Labute approximate surface area is 230 Å². The first-order valence-corrected chi connectivity index (χ1v) is 13.0. The Morgan fingerprint density at radius 1 is 1.12 bits per heavy atom. The number of nitrogens with zero attached hydrogens (tertiary/aromatic N) is 3. The van der Waals surface area contributed by atoms with Gasteiger partial charge in [-0.05, 0) is 35.4 Å². The third kappa shape index (κ3) is 4.00. The lowest BCUT2D eigenvalue weighted by atomic mass is 9.80. The van der Waals surface area contributed by atoms with Crippen LogP contribution in [-0.4, -0.2) is 58.2 Å². The molecule has 6 rings (SSSR count). The highest BCUT2D eigenvalue weighted by Gasteiger charge is 2.56. The van der Waals surface area contributed by atoms with Crippen LogP contribution < -0.4 is 5.32 Å². The van der Waals surface area contributed by atoms with Crippen molar-refractivity contribution in [1.82, 2.24) is 14.8 Å². The van der Waals surface area contributed by atoms with Crippen molar-refractivity contribution < 1.29 is 18.8 Å². The first-order valence-electron chi connectivity index (χ1n) is 13.0. The minimum Gasteiger partial charge on any atom is -0.350 e. The number of carbonyl (C=O) groups is 3. The molecule has 1 saturated heterocycles. The van der Waals surface area contributed by atoms with Gasteiger partial charge in [0, 0.05) is 43.0 Å². The third-order valence-corrected chi connectivity index (χ3v) is 8.10. The number of carbonyl (C=O) groups excluding carboxylic acids is 3. The minimum absolute atomic E-state index is 0.0256. The summed E-state index contributed by atoms with van der Waals surface area (Å²) in [5.74, 6) is -1.62. The van der Waals surface area contributed by atoms with Crippen molar-refractivity contribution in [3.63, 3.8) is 0 Å². The van der Waals surface area contributed by atoms with E-state index in [-0.39, 0.29) is 36.4 Å². The molecule has 40 heavy (non-hydrogen) atoms. The van der Waals surface area contributed by atoms with Gasteiger partial charge < -0.3 is 20.1 Å². The summed E-state index contributed by atoms with van der Waals surface area (Å²) in [4.78, 5) is 46.9. The Kier molecular flexibility index (Phi) is 6.11. The number of fused-ring (bicyclic) bond motifs is 3. The summed E-state index contributed by atoms with van der Waals surface area (Å²) in [7, 11) is 1.53. The molecule has 1 spiro atoms. The van der Waals surface area contributed by atoms with Gasteiger partial charge in [-0.3, -0.25) is 14.4 Å². The van der Waals surface area contributed by atoms with Crippen LogP contribution in [0, 0.1) is 17.1 Å². The lowest BCUT2D eigenvalue weighted by Gasteiger charge is -2.32. The number of hydrogen-bond donors (Lipinski definition) is 2. The quantitative estimate of drug-likeness (QED) is 0.403. The number of aromatic amines is 1. The maximum absolute atomic E-state index is 14.3. The highest BCUT2D eigenvalue weighted by Crippen LogP contribution is 2.46. The molecule has 9 heteroatoms. The van der Waals surface area contributed by atoms with Crippen molar-refractivity contribution in [3.05, 3.63) is 102 Å². The number of likely N-dealkylation sites (N-methyl/N-ethyl adjacent to an activating group) is 1. The standard InChI is InChI=1S/C31H26FN5O3/c1-36(28(38)26-15-21-23(32)11-7-13-24(21)34-26)27(14-19-8-3-2-4-9-19)29(39)37-18-31(16-20(37)17-33)22-10-5-6-12-25(22)35-30(31)40/h2-13,15,20,27,34H,14,16,18H2,1H3,(H,35,40)/t20-,27-,31-/m0/s1. The Morgan fingerprint density at radius 2 is 1.88 bits per heavy atom. The van der Waals surface area contributed by atoms with E-state index in [0.717, 1.165) is 11.1 Å². The van der Waals surface area contributed by atoms with E-state index in [1.165, 1.54) is 29.0 Å². The van der Waals surface area contributed by atoms with Crippen LogP contribution >= 0.6 is 0 Å². The lowest BCUT2D eigenvalue weighted by molar-refractivity contribution is -0.136. The van der Waals surface area contributed by atoms with Crippen molar-refractivity contribution in [2.75, 3.05) is 18.9 Å². The molecule has 3 aromatic carbocycles. The minimum atomic E-state index is -1.04. The molecular formula is C31H26FN5O3. The van der Waals surface area contributed by atoms with Gasteiger partial charge in [0.05, 0.1) is 11.5 Å². The zero-order valence-corrected chi connectivity index (χ0v) is 21.7. The third-order valence-electron chi connectivity index (χ3n) is 8.10. The van der Waals surface area contributed by atoms with Crippen molar-refractivity contribution in [2.24, 2.45) is 0 Å². The molecule has 0 aliphatic carbocycles. The highest BCUT2D eigenvalue weighted by atomic mass is 19.1. The molecule has 3 amide bonds. The molecule has 1 fully saturated rings. The van der Waals surface area contributed by atoms with Crippen LogP contribution in [0.25, 0.3) is 10.9 Å². The van der Waals surface area contributed by atoms with E-state index in [2.05, 4.69) is 16.4 Å². The van der Waals surface area contributed by atoms with Crippen LogP contribution in [0.4, 0.5) is 10.1 Å². The van der Waals surface area contributed by atoms with Gasteiger partial charge >= 0.3 is 0 Å². The summed E-state index contributed by atoms with van der Waals surface area (Å²) in [5.41, 5.74) is 1.85. The summed E-state index contributed by atoms with van der Waals surface area (Å²) < 4.78 is 14.3. The predicted molar refractivity (Wildman–Crippen MR) is 147 cm³/mol. The molecule has 3 atom stereocenters. The van der Waals surface area contributed by atoms with E-state index in [0.29, 0.717) is 11.2 Å². The number of anilines is 1. The second-order valence-electron chi connectivity index (χ2n) is 10.4. The van der Waals surface area contributed by atoms with Crippen molar-refractivity contribution in [3.8, 4) is 6.07 Å².